The van der Waals surface area contributed by atoms with Crippen molar-refractivity contribution in [2.75, 3.05) is 6.54 Å². The molecule has 10 heteroatoms. The average molecular weight is 482 g/mol. The van der Waals surface area contributed by atoms with Crippen LogP contribution in [0.5, 0.6) is 0 Å². The predicted molar refractivity (Wildman–Crippen MR) is 120 cm³/mol. The summed E-state index contributed by atoms with van der Waals surface area (Å²) in [6.45, 7) is 7.25. The normalized spacial score (nSPS) is 13.7. The molecule has 0 aliphatic carbocycles. The summed E-state index contributed by atoms with van der Waals surface area (Å²) in [4.78, 5) is 17.1. The van der Waals surface area contributed by atoms with Crippen LogP contribution in [0.2, 0.25) is 0 Å². The van der Waals surface area contributed by atoms with Crippen LogP contribution in [-0.2, 0) is 22.7 Å². The number of hydrogen-bond acceptors (Lipinski definition) is 4. The zero-order valence-electron chi connectivity index (χ0n) is 18.8. The maximum atomic E-state index is 13.6. The van der Waals surface area contributed by atoms with Gasteiger partial charge < -0.3 is 0 Å². The maximum Gasteiger partial charge on any atom is 0.416 e. The molecule has 0 N–H and O–H groups in total. The highest BCUT2D eigenvalue weighted by Gasteiger charge is 2.36. The number of nitrogens with zero attached hydrogens (tertiary/aromatic N) is 3. The van der Waals surface area contributed by atoms with Crippen molar-refractivity contribution in [3.63, 3.8) is 0 Å². The van der Waals surface area contributed by atoms with Crippen LogP contribution in [-0.4, -0.2) is 28.8 Å². The van der Waals surface area contributed by atoms with Gasteiger partial charge in [-0.2, -0.15) is 17.5 Å². The Labute approximate surface area is 190 Å². The molecule has 0 amide bonds. The molecule has 1 heterocycles. The highest BCUT2D eigenvalue weighted by Crippen LogP contribution is 2.33. The van der Waals surface area contributed by atoms with Crippen LogP contribution in [0, 0.1) is 5.92 Å². The van der Waals surface area contributed by atoms with E-state index in [9.17, 15) is 26.4 Å². The van der Waals surface area contributed by atoms with Crippen molar-refractivity contribution in [1.29, 1.82) is 0 Å². The van der Waals surface area contributed by atoms with E-state index in [-0.39, 0.29) is 30.4 Å². The van der Waals surface area contributed by atoms with E-state index in [4.69, 9.17) is 0 Å². The van der Waals surface area contributed by atoms with E-state index >= 15 is 0 Å². The third-order valence-electron chi connectivity index (χ3n) is 5.33. The first-order chi connectivity index (χ1) is 15.4. The lowest BCUT2D eigenvalue weighted by Crippen LogP contribution is -2.39. The van der Waals surface area contributed by atoms with Gasteiger partial charge in [0.05, 0.1) is 27.4 Å². The van der Waals surface area contributed by atoms with Crippen molar-refractivity contribution < 1.29 is 21.6 Å². The van der Waals surface area contributed by atoms with Crippen molar-refractivity contribution in [3.05, 3.63) is 70.3 Å². The molecule has 0 fully saturated rings. The van der Waals surface area contributed by atoms with Crippen molar-refractivity contribution in [3.8, 4) is 0 Å². The number of sulfonamides is 1. The number of benzene rings is 2. The van der Waals surface area contributed by atoms with Crippen LogP contribution in [0.4, 0.5) is 13.2 Å². The second-order valence-electron chi connectivity index (χ2n) is 8.21. The van der Waals surface area contributed by atoms with Gasteiger partial charge in [-0.3, -0.25) is 9.36 Å². The van der Waals surface area contributed by atoms with Crippen LogP contribution < -0.4 is 5.56 Å². The molecule has 0 spiro atoms. The van der Waals surface area contributed by atoms with Crippen LogP contribution in [0.1, 0.15) is 45.1 Å². The fraction of sp³-hybridized carbons (Fsp3) is 0.391. The Morgan fingerprint density at radius 1 is 1.06 bits per heavy atom. The monoisotopic (exact) mass is 481 g/mol. The second-order valence-corrected chi connectivity index (χ2v) is 10.1. The highest BCUT2D eigenvalue weighted by atomic mass is 32.2. The first kappa shape index (κ1) is 24.9. The van der Waals surface area contributed by atoms with E-state index in [0.29, 0.717) is 17.0 Å². The molecule has 2 aromatic carbocycles. The van der Waals surface area contributed by atoms with Gasteiger partial charge in [0, 0.05) is 13.1 Å². The van der Waals surface area contributed by atoms with Crippen LogP contribution >= 0.6 is 0 Å². The molecule has 33 heavy (non-hydrogen) atoms. The van der Waals surface area contributed by atoms with Crippen molar-refractivity contribution in [2.24, 2.45) is 5.92 Å². The van der Waals surface area contributed by atoms with Crippen molar-refractivity contribution in [1.82, 2.24) is 13.9 Å². The third-order valence-corrected chi connectivity index (χ3v) is 7.26. The minimum atomic E-state index is -4.68. The Morgan fingerprint density at radius 3 is 2.33 bits per heavy atom. The van der Waals surface area contributed by atoms with Gasteiger partial charge in [-0.25, -0.2) is 13.4 Å². The Balaban J connectivity index is 2.19. The smallest absolute Gasteiger partial charge is 0.295 e. The molecule has 0 radical (unpaired) electrons. The summed E-state index contributed by atoms with van der Waals surface area (Å²) >= 11 is 0. The standard InChI is InChI=1S/C23H26F3N3O3S/c1-5-28-21(27-20-12-7-6-11-19(20)22(28)30)16(4)29(14-15(2)3)33(31,32)18-10-8-9-17(13-18)23(24,25)26/h6-13,15-16H,5,14H2,1-4H3. The van der Waals surface area contributed by atoms with Gasteiger partial charge in [0.1, 0.15) is 5.82 Å². The molecule has 0 saturated carbocycles. The Hall–Kier alpha value is -2.72. The lowest BCUT2D eigenvalue weighted by Gasteiger charge is -2.31. The molecule has 3 aromatic rings. The third kappa shape index (κ3) is 4.96. The largest absolute Gasteiger partial charge is 0.416 e. The van der Waals surface area contributed by atoms with Crippen molar-refractivity contribution >= 4 is 20.9 Å². The molecule has 0 aliphatic rings. The fourth-order valence-corrected chi connectivity index (χ4v) is 5.53. The van der Waals surface area contributed by atoms with Gasteiger partial charge in [0.15, 0.2) is 0 Å². The molecule has 3 rings (SSSR count). The Bertz CT molecular complexity index is 1320. The molecular formula is C23H26F3N3O3S. The van der Waals surface area contributed by atoms with E-state index in [2.05, 4.69) is 4.98 Å². The van der Waals surface area contributed by atoms with Crippen LogP contribution in [0.3, 0.4) is 0 Å². The maximum absolute atomic E-state index is 13.6. The lowest BCUT2D eigenvalue weighted by molar-refractivity contribution is -0.137. The van der Waals surface area contributed by atoms with E-state index in [1.165, 1.54) is 4.57 Å². The van der Waals surface area contributed by atoms with E-state index < -0.39 is 32.7 Å². The molecule has 6 nitrogen and oxygen atoms in total. The zero-order chi connectivity index (χ0) is 24.6. The molecule has 178 valence electrons. The van der Waals surface area contributed by atoms with E-state index in [1.807, 2.05) is 13.8 Å². The first-order valence-corrected chi connectivity index (χ1v) is 12.0. The molecule has 0 bridgehead atoms. The molecule has 0 aliphatic heterocycles. The zero-order valence-corrected chi connectivity index (χ0v) is 19.6. The summed E-state index contributed by atoms with van der Waals surface area (Å²) in [5, 5.41) is 0.409. The van der Waals surface area contributed by atoms with Gasteiger partial charge >= 0.3 is 6.18 Å². The van der Waals surface area contributed by atoms with Gasteiger partial charge in [0.25, 0.3) is 5.56 Å². The van der Waals surface area contributed by atoms with Gasteiger partial charge in [0.2, 0.25) is 10.0 Å². The first-order valence-electron chi connectivity index (χ1n) is 10.6. The Morgan fingerprint density at radius 2 is 1.73 bits per heavy atom. The molecular weight excluding hydrogens is 455 g/mol. The minimum Gasteiger partial charge on any atom is -0.295 e. The number of rotatable bonds is 7. The fourth-order valence-electron chi connectivity index (χ4n) is 3.73. The number of aromatic nitrogens is 2. The summed E-state index contributed by atoms with van der Waals surface area (Å²) in [5.74, 6) is 0.104. The van der Waals surface area contributed by atoms with Crippen molar-refractivity contribution in [2.45, 2.75) is 51.4 Å². The summed E-state index contributed by atoms with van der Waals surface area (Å²) in [5.41, 5.74) is -0.920. The molecule has 1 atom stereocenters. The Kier molecular flexibility index (Phi) is 6.99. The number of fused-ring (bicyclic) bond motifs is 1. The average Bonchev–Trinajstić information content (AvgIpc) is 2.76. The SMILES string of the molecule is CCn1c(C(C)N(CC(C)C)S(=O)(=O)c2cccc(C(F)(F)F)c2)nc2ccccc2c1=O. The number of hydrogen-bond donors (Lipinski definition) is 0. The summed E-state index contributed by atoms with van der Waals surface area (Å²) in [7, 11) is -4.34. The van der Waals surface area contributed by atoms with E-state index in [0.717, 1.165) is 22.5 Å². The van der Waals surface area contributed by atoms with Gasteiger partial charge in [-0.1, -0.05) is 32.0 Å². The van der Waals surface area contributed by atoms with Gasteiger partial charge in [-0.15, -0.1) is 0 Å². The number of alkyl halides is 3. The van der Waals surface area contributed by atoms with Crippen LogP contribution in [0.25, 0.3) is 10.9 Å². The van der Waals surface area contributed by atoms with E-state index in [1.54, 1.807) is 38.1 Å². The predicted octanol–water partition coefficient (Wildman–Crippen LogP) is 4.84. The molecule has 1 unspecified atom stereocenters. The summed E-state index contributed by atoms with van der Waals surface area (Å²) < 4.78 is 69.3. The molecule has 0 saturated heterocycles. The summed E-state index contributed by atoms with van der Waals surface area (Å²) in [6, 6.07) is 9.55. The summed E-state index contributed by atoms with van der Waals surface area (Å²) in [6.07, 6.45) is -4.68. The van der Waals surface area contributed by atoms with Crippen LogP contribution in [0.15, 0.2) is 58.2 Å². The topological polar surface area (TPSA) is 72.3 Å². The van der Waals surface area contributed by atoms with Gasteiger partial charge in [-0.05, 0) is 50.1 Å². The quantitative estimate of drug-likeness (QED) is 0.484. The second kappa shape index (κ2) is 9.26. The number of para-hydroxylation sites is 1. The lowest BCUT2D eigenvalue weighted by atomic mass is 10.2. The highest BCUT2D eigenvalue weighted by molar-refractivity contribution is 7.89. The minimum absolute atomic E-state index is 0.0339. The number of halogens is 3. The molecule has 1 aromatic heterocycles.